The molecule has 0 aliphatic heterocycles. The van der Waals surface area contributed by atoms with Crippen LogP contribution in [0.25, 0.3) is 0 Å². The molecule has 0 unspecified atom stereocenters. The Morgan fingerprint density at radius 2 is 2.09 bits per heavy atom. The predicted octanol–water partition coefficient (Wildman–Crippen LogP) is 1.26. The van der Waals surface area contributed by atoms with Crippen molar-refractivity contribution < 1.29 is 8.42 Å². The van der Waals surface area contributed by atoms with Crippen LogP contribution >= 0.6 is 10.7 Å². The highest BCUT2D eigenvalue weighted by Crippen LogP contribution is 2.19. The number of halogens is 1. The first kappa shape index (κ1) is 8.62. The SMILES string of the molecule is Cc1c(S(=O)(=O)Cl)ccn1C. The van der Waals surface area contributed by atoms with Crippen molar-refractivity contribution in [2.75, 3.05) is 0 Å². The highest BCUT2D eigenvalue weighted by molar-refractivity contribution is 8.13. The molecule has 1 aromatic heterocycles. The largest absolute Gasteiger partial charge is 0.353 e. The highest BCUT2D eigenvalue weighted by atomic mass is 35.7. The third kappa shape index (κ3) is 1.57. The summed E-state index contributed by atoms with van der Waals surface area (Å²) in [7, 11) is 3.34. The van der Waals surface area contributed by atoms with Crippen LogP contribution in [0.1, 0.15) is 5.69 Å². The van der Waals surface area contributed by atoms with E-state index in [2.05, 4.69) is 0 Å². The van der Waals surface area contributed by atoms with Crippen molar-refractivity contribution in [3.63, 3.8) is 0 Å². The molecule has 0 aliphatic carbocycles. The smallest absolute Gasteiger partial charge is 0.263 e. The predicted molar refractivity (Wildman–Crippen MR) is 43.2 cm³/mol. The van der Waals surface area contributed by atoms with Crippen LogP contribution in [-0.2, 0) is 16.1 Å². The molecule has 0 bridgehead atoms. The van der Waals surface area contributed by atoms with Gasteiger partial charge in [-0.15, -0.1) is 0 Å². The van der Waals surface area contributed by atoms with Crippen LogP contribution in [0.3, 0.4) is 0 Å². The number of nitrogens with zero attached hydrogens (tertiary/aromatic N) is 1. The summed E-state index contributed by atoms with van der Waals surface area (Å²) in [6.07, 6.45) is 1.66. The average molecular weight is 194 g/mol. The van der Waals surface area contributed by atoms with Crippen LogP contribution in [0.15, 0.2) is 17.2 Å². The summed E-state index contributed by atoms with van der Waals surface area (Å²) in [6, 6.07) is 1.48. The molecular formula is C6H8ClNO2S. The fourth-order valence-electron chi connectivity index (χ4n) is 0.843. The van der Waals surface area contributed by atoms with E-state index in [0.29, 0.717) is 5.69 Å². The molecule has 0 saturated carbocycles. The lowest BCUT2D eigenvalue weighted by molar-refractivity contribution is 0.608. The van der Waals surface area contributed by atoms with Crippen molar-refractivity contribution in [2.24, 2.45) is 7.05 Å². The maximum Gasteiger partial charge on any atom is 0.263 e. The van der Waals surface area contributed by atoms with Crippen LogP contribution in [-0.4, -0.2) is 13.0 Å². The van der Waals surface area contributed by atoms with Gasteiger partial charge in [0.25, 0.3) is 9.05 Å². The van der Waals surface area contributed by atoms with E-state index in [4.69, 9.17) is 10.7 Å². The number of rotatable bonds is 1. The Hall–Kier alpha value is -0.480. The normalized spacial score (nSPS) is 11.9. The Kier molecular flexibility index (Phi) is 1.98. The van der Waals surface area contributed by atoms with E-state index < -0.39 is 9.05 Å². The molecule has 1 aromatic rings. The molecule has 1 rings (SSSR count). The molecule has 62 valence electrons. The van der Waals surface area contributed by atoms with E-state index in [1.807, 2.05) is 0 Å². The van der Waals surface area contributed by atoms with Gasteiger partial charge in [-0.3, -0.25) is 0 Å². The summed E-state index contributed by atoms with van der Waals surface area (Å²) < 4.78 is 23.3. The summed E-state index contributed by atoms with van der Waals surface area (Å²) in [6.45, 7) is 1.70. The molecule has 3 nitrogen and oxygen atoms in total. The van der Waals surface area contributed by atoms with Crippen LogP contribution in [0.4, 0.5) is 0 Å². The van der Waals surface area contributed by atoms with Gasteiger partial charge in [-0.1, -0.05) is 0 Å². The fourth-order valence-corrected chi connectivity index (χ4v) is 2.05. The van der Waals surface area contributed by atoms with Gasteiger partial charge in [-0.2, -0.15) is 0 Å². The van der Waals surface area contributed by atoms with Gasteiger partial charge >= 0.3 is 0 Å². The van der Waals surface area contributed by atoms with Gasteiger partial charge in [0.2, 0.25) is 0 Å². The molecule has 0 fully saturated rings. The molecule has 11 heavy (non-hydrogen) atoms. The number of aromatic nitrogens is 1. The summed E-state index contributed by atoms with van der Waals surface area (Å²) in [5.41, 5.74) is 0.653. The van der Waals surface area contributed by atoms with Gasteiger partial charge in [0.15, 0.2) is 0 Å². The van der Waals surface area contributed by atoms with Crippen molar-refractivity contribution >= 4 is 19.7 Å². The first-order valence-corrected chi connectivity index (χ1v) is 5.30. The lowest BCUT2D eigenvalue weighted by atomic mass is 10.5. The first-order chi connectivity index (χ1) is 4.93. The Balaban J connectivity index is 3.38. The van der Waals surface area contributed by atoms with E-state index >= 15 is 0 Å². The van der Waals surface area contributed by atoms with Crippen molar-refractivity contribution in [2.45, 2.75) is 11.8 Å². The summed E-state index contributed by atoms with van der Waals surface area (Å²) >= 11 is 0. The van der Waals surface area contributed by atoms with E-state index in [9.17, 15) is 8.42 Å². The average Bonchev–Trinajstić information content (AvgIpc) is 2.11. The fraction of sp³-hybridized carbons (Fsp3) is 0.333. The maximum absolute atomic E-state index is 10.8. The molecule has 0 aromatic carbocycles. The molecule has 0 N–H and O–H groups in total. The number of hydrogen-bond acceptors (Lipinski definition) is 2. The quantitative estimate of drug-likeness (QED) is 0.630. The minimum atomic E-state index is -3.56. The number of hydrogen-bond donors (Lipinski definition) is 0. The molecule has 0 atom stereocenters. The second-order valence-electron chi connectivity index (χ2n) is 2.31. The van der Waals surface area contributed by atoms with Gasteiger partial charge in [0.1, 0.15) is 4.90 Å². The van der Waals surface area contributed by atoms with Crippen molar-refractivity contribution in [3.05, 3.63) is 18.0 Å². The van der Waals surface area contributed by atoms with E-state index in [0.717, 1.165) is 0 Å². The van der Waals surface area contributed by atoms with E-state index in [-0.39, 0.29) is 4.90 Å². The third-order valence-electron chi connectivity index (χ3n) is 1.60. The molecule has 5 heteroatoms. The Bertz CT molecular complexity index is 366. The lowest BCUT2D eigenvalue weighted by Crippen LogP contribution is -1.94. The topological polar surface area (TPSA) is 39.1 Å². The highest BCUT2D eigenvalue weighted by Gasteiger charge is 2.14. The molecule has 0 amide bonds. The monoisotopic (exact) mass is 193 g/mol. The van der Waals surface area contributed by atoms with E-state index in [1.54, 1.807) is 24.7 Å². The van der Waals surface area contributed by atoms with Crippen LogP contribution in [0.5, 0.6) is 0 Å². The van der Waals surface area contributed by atoms with Crippen LogP contribution in [0, 0.1) is 6.92 Å². The molecule has 0 aliphatic rings. The zero-order chi connectivity index (χ0) is 8.65. The standard InChI is InChI=1S/C6H8ClNO2S/c1-5-6(11(7,9)10)3-4-8(5)2/h3-4H,1-2H3. The Morgan fingerprint density at radius 1 is 1.55 bits per heavy atom. The van der Waals surface area contributed by atoms with Crippen molar-refractivity contribution in [3.8, 4) is 0 Å². The van der Waals surface area contributed by atoms with Crippen LogP contribution in [0.2, 0.25) is 0 Å². The van der Waals surface area contributed by atoms with Gasteiger partial charge in [0, 0.05) is 29.6 Å². The first-order valence-electron chi connectivity index (χ1n) is 2.99. The number of aryl methyl sites for hydroxylation is 1. The molecule has 0 saturated heterocycles. The third-order valence-corrected chi connectivity index (χ3v) is 3.05. The lowest BCUT2D eigenvalue weighted by Gasteiger charge is -1.96. The van der Waals surface area contributed by atoms with Crippen LogP contribution < -0.4 is 0 Å². The summed E-state index contributed by atoms with van der Waals surface area (Å²) in [5, 5.41) is 0. The zero-order valence-electron chi connectivity index (χ0n) is 6.20. The second-order valence-corrected chi connectivity index (χ2v) is 4.85. The Morgan fingerprint density at radius 3 is 2.27 bits per heavy atom. The van der Waals surface area contributed by atoms with Gasteiger partial charge in [-0.25, -0.2) is 8.42 Å². The molecule has 1 heterocycles. The molecular weight excluding hydrogens is 186 g/mol. The Labute approximate surface area is 70.0 Å². The summed E-state index contributed by atoms with van der Waals surface area (Å²) in [4.78, 5) is 0.182. The minimum absolute atomic E-state index is 0.182. The molecule has 0 spiro atoms. The summed E-state index contributed by atoms with van der Waals surface area (Å²) in [5.74, 6) is 0. The van der Waals surface area contributed by atoms with Gasteiger partial charge in [-0.05, 0) is 13.0 Å². The maximum atomic E-state index is 10.8. The second kappa shape index (κ2) is 2.53. The van der Waals surface area contributed by atoms with Gasteiger partial charge in [0.05, 0.1) is 0 Å². The minimum Gasteiger partial charge on any atom is -0.353 e. The van der Waals surface area contributed by atoms with Gasteiger partial charge < -0.3 is 4.57 Å². The zero-order valence-corrected chi connectivity index (χ0v) is 7.78. The van der Waals surface area contributed by atoms with Crippen molar-refractivity contribution in [1.29, 1.82) is 0 Å². The van der Waals surface area contributed by atoms with E-state index in [1.165, 1.54) is 6.07 Å². The molecule has 0 radical (unpaired) electrons. The van der Waals surface area contributed by atoms with Crippen molar-refractivity contribution in [1.82, 2.24) is 4.57 Å².